The molecule has 0 spiro atoms. The predicted molar refractivity (Wildman–Crippen MR) is 91.5 cm³/mol. The summed E-state index contributed by atoms with van der Waals surface area (Å²) in [5.74, 6) is 0.567. The van der Waals surface area contributed by atoms with Gasteiger partial charge in [0.1, 0.15) is 11.6 Å². The molecule has 1 aliphatic heterocycles. The van der Waals surface area contributed by atoms with Crippen LogP contribution >= 0.6 is 0 Å². The summed E-state index contributed by atoms with van der Waals surface area (Å²) in [7, 11) is 0. The molecule has 2 heterocycles. The first-order chi connectivity index (χ1) is 11.6. The second kappa shape index (κ2) is 7.27. The number of nitrogens with one attached hydrogen (secondary N) is 1. The minimum absolute atomic E-state index is 0.288. The molecule has 2 aromatic rings. The van der Waals surface area contributed by atoms with E-state index in [1.165, 1.54) is 29.2 Å². The van der Waals surface area contributed by atoms with E-state index in [2.05, 4.69) is 15.2 Å². The lowest BCUT2D eigenvalue weighted by atomic mass is 10.2. The van der Waals surface area contributed by atoms with Crippen LogP contribution in [0.4, 0.5) is 20.7 Å². The third-order valence-corrected chi connectivity index (χ3v) is 4.00. The number of benzene rings is 1. The van der Waals surface area contributed by atoms with Gasteiger partial charge in [-0.3, -0.25) is 4.90 Å². The highest BCUT2D eigenvalue weighted by atomic mass is 19.1. The number of hydrogen-bond acceptors (Lipinski definition) is 4. The number of pyridine rings is 1. The van der Waals surface area contributed by atoms with Crippen LogP contribution in [0.2, 0.25) is 0 Å². The molecule has 6 nitrogen and oxygen atoms in total. The molecule has 1 aromatic carbocycles. The first-order valence-corrected chi connectivity index (χ1v) is 7.86. The van der Waals surface area contributed by atoms with Gasteiger partial charge in [-0.1, -0.05) is 6.07 Å². The van der Waals surface area contributed by atoms with Crippen LogP contribution < -0.4 is 20.9 Å². The number of aromatic nitrogens is 1. The van der Waals surface area contributed by atoms with E-state index in [4.69, 9.17) is 5.73 Å². The lowest BCUT2D eigenvalue weighted by Crippen LogP contribution is -2.43. The van der Waals surface area contributed by atoms with Gasteiger partial charge in [-0.25, -0.2) is 14.2 Å². The fourth-order valence-corrected chi connectivity index (χ4v) is 2.69. The Bertz CT molecular complexity index is 683. The molecule has 1 aromatic heterocycles. The van der Waals surface area contributed by atoms with Gasteiger partial charge >= 0.3 is 6.03 Å². The number of urea groups is 1. The van der Waals surface area contributed by atoms with Crippen molar-refractivity contribution in [3.8, 4) is 0 Å². The number of carbonyl (C=O) groups is 1. The van der Waals surface area contributed by atoms with Crippen LogP contribution in [-0.4, -0.2) is 37.2 Å². The summed E-state index contributed by atoms with van der Waals surface area (Å²) in [6.07, 6.45) is 1.75. The number of hydrogen-bond donors (Lipinski definition) is 2. The molecule has 24 heavy (non-hydrogen) atoms. The van der Waals surface area contributed by atoms with Gasteiger partial charge in [-0.05, 0) is 35.9 Å². The van der Waals surface area contributed by atoms with E-state index in [0.29, 0.717) is 5.69 Å². The molecule has 0 aliphatic carbocycles. The third-order valence-electron chi connectivity index (χ3n) is 4.00. The summed E-state index contributed by atoms with van der Waals surface area (Å²) < 4.78 is 13.0. The number of amides is 2. The van der Waals surface area contributed by atoms with E-state index in [1.54, 1.807) is 6.20 Å². The summed E-state index contributed by atoms with van der Waals surface area (Å²) in [5.41, 5.74) is 6.87. The fraction of sp³-hybridized carbons (Fsp3) is 0.294. The number of anilines is 2. The molecule has 1 fully saturated rings. The van der Waals surface area contributed by atoms with Gasteiger partial charge in [0.2, 0.25) is 0 Å². The monoisotopic (exact) mass is 329 g/mol. The number of rotatable bonds is 4. The molecule has 7 heteroatoms. The molecule has 0 radical (unpaired) electrons. The second-order valence-electron chi connectivity index (χ2n) is 5.66. The minimum Gasteiger partial charge on any atom is -0.354 e. The van der Waals surface area contributed by atoms with E-state index in [-0.39, 0.29) is 12.4 Å². The van der Waals surface area contributed by atoms with Gasteiger partial charge in [0.15, 0.2) is 0 Å². The van der Waals surface area contributed by atoms with Crippen LogP contribution in [0.25, 0.3) is 0 Å². The van der Waals surface area contributed by atoms with Crippen molar-refractivity contribution in [2.45, 2.75) is 6.54 Å². The lowest BCUT2D eigenvalue weighted by molar-refractivity contribution is 0.253. The molecular weight excluding hydrogens is 309 g/mol. The van der Waals surface area contributed by atoms with Crippen molar-refractivity contribution in [1.82, 2.24) is 10.3 Å². The first-order valence-electron chi connectivity index (χ1n) is 7.86. The number of halogens is 1. The number of nitrogens with two attached hydrogens (primary N) is 1. The highest BCUT2D eigenvalue weighted by Gasteiger charge is 2.15. The molecule has 1 aliphatic rings. The SMILES string of the molecule is NC(=O)N(Cc1ccc(N2CCNCC2)nc1)c1ccc(F)cc1. The van der Waals surface area contributed by atoms with Crippen LogP contribution in [-0.2, 0) is 6.54 Å². The molecule has 0 bridgehead atoms. The fourth-order valence-electron chi connectivity index (χ4n) is 2.69. The Balaban J connectivity index is 1.73. The number of primary amides is 1. The van der Waals surface area contributed by atoms with Crippen LogP contribution in [0, 0.1) is 5.82 Å². The summed E-state index contributed by atoms with van der Waals surface area (Å²) in [4.78, 5) is 19.8. The Morgan fingerprint density at radius 1 is 1.21 bits per heavy atom. The van der Waals surface area contributed by atoms with E-state index in [0.717, 1.165) is 37.6 Å². The van der Waals surface area contributed by atoms with Gasteiger partial charge in [-0.15, -0.1) is 0 Å². The standard InChI is InChI=1S/C17H20FN5O/c18-14-2-4-15(5-3-14)23(17(19)24)12-13-1-6-16(21-11-13)22-9-7-20-8-10-22/h1-6,11,20H,7-10,12H2,(H2,19,24). The molecule has 3 rings (SSSR count). The molecular formula is C17H20FN5O. The number of carbonyl (C=O) groups excluding carboxylic acids is 1. The van der Waals surface area contributed by atoms with Crippen molar-refractivity contribution >= 4 is 17.5 Å². The Morgan fingerprint density at radius 3 is 2.50 bits per heavy atom. The zero-order chi connectivity index (χ0) is 16.9. The van der Waals surface area contributed by atoms with Gasteiger partial charge < -0.3 is 16.0 Å². The number of nitrogens with zero attached hydrogens (tertiary/aromatic N) is 3. The topological polar surface area (TPSA) is 74.5 Å². The van der Waals surface area contributed by atoms with Gasteiger partial charge in [-0.2, -0.15) is 0 Å². The van der Waals surface area contributed by atoms with E-state index in [1.807, 2.05) is 12.1 Å². The smallest absolute Gasteiger partial charge is 0.319 e. The molecule has 0 atom stereocenters. The zero-order valence-electron chi connectivity index (χ0n) is 13.3. The first kappa shape index (κ1) is 16.2. The maximum atomic E-state index is 13.0. The average Bonchev–Trinajstić information content (AvgIpc) is 2.62. The largest absolute Gasteiger partial charge is 0.354 e. The van der Waals surface area contributed by atoms with Crippen molar-refractivity contribution in [2.24, 2.45) is 5.73 Å². The van der Waals surface area contributed by atoms with Crippen molar-refractivity contribution in [3.63, 3.8) is 0 Å². The highest BCUT2D eigenvalue weighted by Crippen LogP contribution is 2.19. The summed E-state index contributed by atoms with van der Waals surface area (Å²) in [5, 5.41) is 3.30. The maximum absolute atomic E-state index is 13.0. The second-order valence-corrected chi connectivity index (χ2v) is 5.66. The van der Waals surface area contributed by atoms with Crippen molar-refractivity contribution in [3.05, 3.63) is 54.0 Å². The normalized spacial score (nSPS) is 14.5. The Hall–Kier alpha value is -2.67. The van der Waals surface area contributed by atoms with Gasteiger partial charge in [0, 0.05) is 38.1 Å². The Labute approximate surface area is 140 Å². The Kier molecular flexibility index (Phi) is 4.90. The molecule has 3 N–H and O–H groups in total. The summed E-state index contributed by atoms with van der Waals surface area (Å²) in [6, 6.07) is 8.96. The van der Waals surface area contributed by atoms with E-state index >= 15 is 0 Å². The van der Waals surface area contributed by atoms with E-state index < -0.39 is 6.03 Å². The summed E-state index contributed by atoms with van der Waals surface area (Å²) >= 11 is 0. The maximum Gasteiger partial charge on any atom is 0.319 e. The molecule has 126 valence electrons. The Morgan fingerprint density at radius 2 is 1.92 bits per heavy atom. The highest BCUT2D eigenvalue weighted by molar-refractivity contribution is 5.90. The zero-order valence-corrected chi connectivity index (χ0v) is 13.3. The third kappa shape index (κ3) is 3.80. The van der Waals surface area contributed by atoms with Gasteiger partial charge in [0.05, 0.1) is 6.54 Å². The van der Waals surface area contributed by atoms with Crippen molar-refractivity contribution in [2.75, 3.05) is 36.0 Å². The van der Waals surface area contributed by atoms with Crippen LogP contribution in [0.15, 0.2) is 42.6 Å². The lowest BCUT2D eigenvalue weighted by Gasteiger charge is -2.28. The van der Waals surface area contributed by atoms with Crippen LogP contribution in [0.5, 0.6) is 0 Å². The van der Waals surface area contributed by atoms with Gasteiger partial charge in [0.25, 0.3) is 0 Å². The molecule has 0 saturated carbocycles. The summed E-state index contributed by atoms with van der Waals surface area (Å²) in [6.45, 7) is 4.04. The molecule has 1 saturated heterocycles. The number of piperazine rings is 1. The van der Waals surface area contributed by atoms with Crippen molar-refractivity contribution in [1.29, 1.82) is 0 Å². The molecule has 2 amide bonds. The average molecular weight is 329 g/mol. The van der Waals surface area contributed by atoms with Crippen LogP contribution in [0.3, 0.4) is 0 Å². The molecule has 0 unspecified atom stereocenters. The minimum atomic E-state index is -0.590. The van der Waals surface area contributed by atoms with E-state index in [9.17, 15) is 9.18 Å². The predicted octanol–water partition coefficient (Wildman–Crippen LogP) is 1.72. The van der Waals surface area contributed by atoms with Crippen LogP contribution in [0.1, 0.15) is 5.56 Å². The quantitative estimate of drug-likeness (QED) is 0.896. The van der Waals surface area contributed by atoms with Crippen molar-refractivity contribution < 1.29 is 9.18 Å².